The lowest BCUT2D eigenvalue weighted by Crippen LogP contribution is -2.07. The van der Waals surface area contributed by atoms with Crippen molar-refractivity contribution in [2.75, 3.05) is 18.9 Å². The summed E-state index contributed by atoms with van der Waals surface area (Å²) in [5.74, 6) is -0.193. The van der Waals surface area contributed by atoms with Gasteiger partial charge in [0.15, 0.2) is 0 Å². The smallest absolute Gasteiger partial charge is 0.330 e. The summed E-state index contributed by atoms with van der Waals surface area (Å²) in [6.45, 7) is 8.67. The lowest BCUT2D eigenvalue weighted by atomic mass is 10.1. The molecule has 0 saturated carbocycles. The van der Waals surface area contributed by atoms with Crippen LogP contribution in [0.3, 0.4) is 0 Å². The zero-order chi connectivity index (χ0) is 18.8. The Morgan fingerprint density at radius 1 is 0.960 bits per heavy atom. The summed E-state index contributed by atoms with van der Waals surface area (Å²) in [5.41, 5.74) is 7.97. The van der Waals surface area contributed by atoms with Crippen LogP contribution in [0.2, 0.25) is 0 Å². The van der Waals surface area contributed by atoms with Gasteiger partial charge in [-0.2, -0.15) is 0 Å². The zero-order valence-corrected chi connectivity index (χ0v) is 15.3. The van der Waals surface area contributed by atoms with Gasteiger partial charge in [0.1, 0.15) is 0 Å². The van der Waals surface area contributed by atoms with Crippen molar-refractivity contribution >= 4 is 29.8 Å². The molecule has 0 amide bonds. The number of benzene rings is 1. The van der Waals surface area contributed by atoms with E-state index in [1.807, 2.05) is 33.8 Å². The van der Waals surface area contributed by atoms with Crippen molar-refractivity contribution in [2.24, 2.45) is 11.8 Å². The third-order valence-corrected chi connectivity index (χ3v) is 3.04. The van der Waals surface area contributed by atoms with E-state index in [2.05, 4.69) is 0 Å². The lowest BCUT2D eigenvalue weighted by molar-refractivity contribution is -0.139. The molecule has 0 aliphatic carbocycles. The van der Waals surface area contributed by atoms with Gasteiger partial charge in [-0.3, -0.25) is 0 Å². The van der Waals surface area contributed by atoms with Gasteiger partial charge in [-0.05, 0) is 41.2 Å². The number of ether oxygens (including phenoxy) is 2. The summed E-state index contributed by atoms with van der Waals surface area (Å²) in [6.07, 6.45) is 5.98. The molecule has 0 saturated heterocycles. The number of hydrogen-bond acceptors (Lipinski definition) is 5. The monoisotopic (exact) mass is 345 g/mol. The van der Waals surface area contributed by atoms with Crippen molar-refractivity contribution in [3.8, 4) is 0 Å². The first-order chi connectivity index (χ1) is 11.8. The molecule has 5 heteroatoms. The van der Waals surface area contributed by atoms with E-state index >= 15 is 0 Å². The first kappa shape index (κ1) is 20.5. The fraction of sp³-hybridized carbons (Fsp3) is 0.400. The first-order valence-corrected chi connectivity index (χ1v) is 8.37. The summed E-state index contributed by atoms with van der Waals surface area (Å²) >= 11 is 0. The van der Waals surface area contributed by atoms with Gasteiger partial charge in [-0.1, -0.05) is 39.8 Å². The molecule has 1 rings (SSSR count). The number of esters is 2. The number of carbonyl (C=O) groups is 2. The fourth-order valence-corrected chi connectivity index (χ4v) is 1.76. The number of nitrogen functional groups attached to an aromatic ring is 1. The molecule has 1 aromatic rings. The van der Waals surface area contributed by atoms with Crippen LogP contribution in [0, 0.1) is 11.8 Å². The van der Waals surface area contributed by atoms with Crippen molar-refractivity contribution in [2.45, 2.75) is 27.7 Å². The highest BCUT2D eigenvalue weighted by molar-refractivity contribution is 5.89. The summed E-state index contributed by atoms with van der Waals surface area (Å²) in [6, 6.07) is 5.31. The second-order valence-corrected chi connectivity index (χ2v) is 6.60. The fourth-order valence-electron chi connectivity index (χ4n) is 1.76. The Labute approximate surface area is 149 Å². The van der Waals surface area contributed by atoms with Gasteiger partial charge in [0.25, 0.3) is 0 Å². The van der Waals surface area contributed by atoms with E-state index in [0.29, 0.717) is 36.3 Å². The van der Waals surface area contributed by atoms with E-state index in [1.54, 1.807) is 24.3 Å². The highest BCUT2D eigenvalue weighted by Gasteiger charge is 2.03. The van der Waals surface area contributed by atoms with E-state index in [0.717, 1.165) is 5.56 Å². The SMILES string of the molecule is CC(C)COC(=O)C=Cc1ccc(C=CC(=O)OCC(C)C)c(N)c1. The van der Waals surface area contributed by atoms with Crippen LogP contribution in [0.1, 0.15) is 38.8 Å². The van der Waals surface area contributed by atoms with E-state index < -0.39 is 5.97 Å². The highest BCUT2D eigenvalue weighted by atomic mass is 16.5. The topological polar surface area (TPSA) is 78.6 Å². The summed E-state index contributed by atoms with van der Waals surface area (Å²) in [5, 5.41) is 0. The second kappa shape index (κ2) is 10.3. The largest absolute Gasteiger partial charge is 0.462 e. The number of nitrogens with two attached hydrogens (primary N) is 1. The van der Waals surface area contributed by atoms with Gasteiger partial charge < -0.3 is 15.2 Å². The third kappa shape index (κ3) is 8.74. The normalized spacial score (nSPS) is 11.6. The Morgan fingerprint density at radius 3 is 1.96 bits per heavy atom. The minimum atomic E-state index is -0.398. The predicted octanol–water partition coefficient (Wildman–Crippen LogP) is 3.69. The van der Waals surface area contributed by atoms with Crippen LogP contribution in [0.15, 0.2) is 30.4 Å². The maximum absolute atomic E-state index is 11.6. The van der Waals surface area contributed by atoms with E-state index in [1.165, 1.54) is 12.2 Å². The predicted molar refractivity (Wildman–Crippen MR) is 101 cm³/mol. The Kier molecular flexibility index (Phi) is 8.47. The van der Waals surface area contributed by atoms with Gasteiger partial charge in [-0.15, -0.1) is 0 Å². The molecule has 0 aromatic heterocycles. The van der Waals surface area contributed by atoms with Gasteiger partial charge in [0.05, 0.1) is 13.2 Å². The van der Waals surface area contributed by atoms with Crippen LogP contribution < -0.4 is 5.73 Å². The number of hydrogen-bond donors (Lipinski definition) is 1. The molecule has 1 aromatic carbocycles. The molecule has 0 fully saturated rings. The molecule has 25 heavy (non-hydrogen) atoms. The average molecular weight is 345 g/mol. The quantitative estimate of drug-likeness (QED) is 0.441. The maximum atomic E-state index is 11.6. The molecule has 5 nitrogen and oxygen atoms in total. The van der Waals surface area contributed by atoms with Crippen LogP contribution >= 0.6 is 0 Å². The highest BCUT2D eigenvalue weighted by Crippen LogP contribution is 2.17. The third-order valence-electron chi connectivity index (χ3n) is 3.04. The molecule has 0 aliphatic heterocycles. The Morgan fingerprint density at radius 2 is 1.48 bits per heavy atom. The molecule has 136 valence electrons. The number of rotatable bonds is 8. The molecule has 0 unspecified atom stereocenters. The van der Waals surface area contributed by atoms with Crippen LogP contribution in [-0.2, 0) is 19.1 Å². The van der Waals surface area contributed by atoms with Crippen LogP contribution in [0.25, 0.3) is 12.2 Å². The molecule has 0 radical (unpaired) electrons. The zero-order valence-electron chi connectivity index (χ0n) is 15.3. The molecule has 0 bridgehead atoms. The summed E-state index contributed by atoms with van der Waals surface area (Å²) in [7, 11) is 0. The Bertz CT molecular complexity index is 645. The van der Waals surface area contributed by atoms with Crippen LogP contribution in [0.4, 0.5) is 5.69 Å². The molecule has 0 spiro atoms. The molecule has 2 N–H and O–H groups in total. The average Bonchev–Trinajstić information content (AvgIpc) is 2.55. The minimum Gasteiger partial charge on any atom is -0.462 e. The molecule has 0 aliphatic rings. The second-order valence-electron chi connectivity index (χ2n) is 6.60. The summed E-state index contributed by atoms with van der Waals surface area (Å²) in [4.78, 5) is 23.1. The van der Waals surface area contributed by atoms with Crippen LogP contribution in [-0.4, -0.2) is 25.2 Å². The van der Waals surface area contributed by atoms with Crippen molar-refractivity contribution in [1.29, 1.82) is 0 Å². The van der Waals surface area contributed by atoms with Gasteiger partial charge >= 0.3 is 11.9 Å². The molecule has 0 atom stereocenters. The van der Waals surface area contributed by atoms with Crippen molar-refractivity contribution in [1.82, 2.24) is 0 Å². The van der Waals surface area contributed by atoms with Crippen LogP contribution in [0.5, 0.6) is 0 Å². The Balaban J connectivity index is 2.64. The standard InChI is InChI=1S/C20H27NO4/c1-14(2)12-24-19(22)9-6-16-5-7-17(18(21)11-16)8-10-20(23)25-13-15(3)4/h5-11,14-15H,12-13,21H2,1-4H3. The number of anilines is 1. The maximum Gasteiger partial charge on any atom is 0.330 e. The Hall–Kier alpha value is -2.56. The molecular weight excluding hydrogens is 318 g/mol. The van der Waals surface area contributed by atoms with E-state index in [9.17, 15) is 9.59 Å². The van der Waals surface area contributed by atoms with Gasteiger partial charge in [0, 0.05) is 17.8 Å². The number of carbonyl (C=O) groups excluding carboxylic acids is 2. The summed E-state index contributed by atoms with van der Waals surface area (Å²) < 4.78 is 10.1. The lowest BCUT2D eigenvalue weighted by Gasteiger charge is -2.05. The minimum absolute atomic E-state index is 0.292. The van der Waals surface area contributed by atoms with Crippen molar-refractivity contribution in [3.63, 3.8) is 0 Å². The van der Waals surface area contributed by atoms with E-state index in [-0.39, 0.29) is 5.97 Å². The van der Waals surface area contributed by atoms with Gasteiger partial charge in [0.2, 0.25) is 0 Å². The van der Waals surface area contributed by atoms with Gasteiger partial charge in [-0.25, -0.2) is 9.59 Å². The molecule has 0 heterocycles. The van der Waals surface area contributed by atoms with E-state index in [4.69, 9.17) is 15.2 Å². The first-order valence-electron chi connectivity index (χ1n) is 8.37. The van der Waals surface area contributed by atoms with Crippen molar-refractivity contribution < 1.29 is 19.1 Å². The molecular formula is C20H27NO4. The van der Waals surface area contributed by atoms with Crippen molar-refractivity contribution in [3.05, 3.63) is 41.5 Å².